The monoisotopic (exact) mass is 299 g/mol. The molecule has 0 bridgehead atoms. The summed E-state index contributed by atoms with van der Waals surface area (Å²) in [5.41, 5.74) is 4.32. The van der Waals surface area contributed by atoms with E-state index in [1.807, 2.05) is 53.2 Å². The third-order valence-electron chi connectivity index (χ3n) is 3.98. The fourth-order valence-electron chi connectivity index (χ4n) is 2.75. The Bertz CT molecular complexity index is 955. The lowest BCUT2D eigenvalue weighted by Gasteiger charge is -2.12. The van der Waals surface area contributed by atoms with Gasteiger partial charge in [-0.15, -0.1) is 0 Å². The van der Waals surface area contributed by atoms with Gasteiger partial charge in [-0.1, -0.05) is 48.5 Å². The van der Waals surface area contributed by atoms with Gasteiger partial charge in [0, 0.05) is 11.1 Å². The van der Waals surface area contributed by atoms with E-state index >= 15 is 0 Å². The zero-order chi connectivity index (χ0) is 15.6. The molecule has 4 aromatic rings. The van der Waals surface area contributed by atoms with Crippen LogP contribution in [0.2, 0.25) is 0 Å². The molecule has 0 atom stereocenters. The first-order chi connectivity index (χ1) is 11.3. The average molecular weight is 299 g/mol. The fraction of sp³-hybridized carbons (Fsp3) is 0.0500. The number of para-hydroxylation sites is 2. The Morgan fingerprint density at radius 3 is 2.30 bits per heavy atom. The van der Waals surface area contributed by atoms with Crippen LogP contribution in [0.25, 0.3) is 16.6 Å². The maximum atomic E-state index is 4.76. The van der Waals surface area contributed by atoms with E-state index in [4.69, 9.17) is 5.10 Å². The highest BCUT2D eigenvalue weighted by Crippen LogP contribution is 2.30. The molecule has 0 unspecified atom stereocenters. The summed E-state index contributed by atoms with van der Waals surface area (Å²) in [6.45, 7) is 2.10. The second-order valence-electron chi connectivity index (χ2n) is 5.55. The fourth-order valence-corrected chi connectivity index (χ4v) is 2.75. The summed E-state index contributed by atoms with van der Waals surface area (Å²) in [5, 5.41) is 9.44. The molecule has 3 nitrogen and oxygen atoms in total. The topological polar surface area (TPSA) is 29.9 Å². The van der Waals surface area contributed by atoms with Crippen molar-refractivity contribution in [1.29, 1.82) is 0 Å². The first-order valence-corrected chi connectivity index (χ1v) is 7.69. The van der Waals surface area contributed by atoms with E-state index in [2.05, 4.69) is 42.6 Å². The maximum Gasteiger partial charge on any atom is 0.142 e. The SMILES string of the molecule is Cc1ccccc1Nc1c2ccccc2nn1-c1ccccc1. The number of nitrogens with one attached hydrogen (secondary N) is 1. The van der Waals surface area contributed by atoms with Crippen molar-refractivity contribution in [2.45, 2.75) is 6.92 Å². The molecular weight excluding hydrogens is 282 g/mol. The standard InChI is InChI=1S/C20H17N3/c1-15-9-5-7-13-18(15)21-20-17-12-6-8-14-19(17)22-23(20)16-10-3-2-4-11-16/h2-14,21H,1H3. The third-order valence-corrected chi connectivity index (χ3v) is 3.98. The summed E-state index contributed by atoms with van der Waals surface area (Å²) in [4.78, 5) is 0. The molecule has 0 fully saturated rings. The molecular formula is C20H17N3. The second kappa shape index (κ2) is 5.61. The molecule has 1 aromatic heterocycles. The molecule has 4 rings (SSSR count). The van der Waals surface area contributed by atoms with Gasteiger partial charge in [0.15, 0.2) is 0 Å². The highest BCUT2D eigenvalue weighted by Gasteiger charge is 2.13. The molecule has 3 heteroatoms. The van der Waals surface area contributed by atoms with E-state index in [1.165, 1.54) is 5.56 Å². The van der Waals surface area contributed by atoms with Crippen LogP contribution in [0, 0.1) is 6.92 Å². The zero-order valence-corrected chi connectivity index (χ0v) is 12.9. The normalized spacial score (nSPS) is 10.8. The summed E-state index contributed by atoms with van der Waals surface area (Å²) in [5.74, 6) is 0.987. The van der Waals surface area contributed by atoms with E-state index in [9.17, 15) is 0 Å². The van der Waals surface area contributed by atoms with Crippen molar-refractivity contribution >= 4 is 22.4 Å². The lowest BCUT2D eigenvalue weighted by Crippen LogP contribution is -2.03. The number of hydrogen-bond donors (Lipinski definition) is 1. The van der Waals surface area contributed by atoms with Crippen molar-refractivity contribution in [3.05, 3.63) is 84.4 Å². The van der Waals surface area contributed by atoms with Crippen molar-refractivity contribution in [1.82, 2.24) is 9.78 Å². The van der Waals surface area contributed by atoms with Gasteiger partial charge in [0.1, 0.15) is 5.82 Å². The van der Waals surface area contributed by atoms with Gasteiger partial charge in [-0.3, -0.25) is 0 Å². The Balaban J connectivity index is 1.92. The predicted molar refractivity (Wildman–Crippen MR) is 95.5 cm³/mol. The predicted octanol–water partition coefficient (Wildman–Crippen LogP) is 5.08. The summed E-state index contributed by atoms with van der Waals surface area (Å²) in [6, 6.07) is 26.7. The van der Waals surface area contributed by atoms with Crippen molar-refractivity contribution in [2.75, 3.05) is 5.32 Å². The highest BCUT2D eigenvalue weighted by molar-refractivity contribution is 5.93. The minimum absolute atomic E-state index is 0.979. The largest absolute Gasteiger partial charge is 0.339 e. The van der Waals surface area contributed by atoms with Crippen LogP contribution < -0.4 is 5.32 Å². The molecule has 23 heavy (non-hydrogen) atoms. The molecule has 112 valence electrons. The van der Waals surface area contributed by atoms with Crippen LogP contribution in [0.3, 0.4) is 0 Å². The van der Waals surface area contributed by atoms with E-state index in [0.29, 0.717) is 0 Å². The molecule has 0 aliphatic carbocycles. The van der Waals surface area contributed by atoms with Gasteiger partial charge in [-0.25, -0.2) is 4.68 Å². The summed E-state index contributed by atoms with van der Waals surface area (Å²) in [6.07, 6.45) is 0. The third kappa shape index (κ3) is 2.46. The van der Waals surface area contributed by atoms with Gasteiger partial charge in [-0.2, -0.15) is 5.10 Å². The number of fused-ring (bicyclic) bond motifs is 1. The van der Waals surface area contributed by atoms with Crippen LogP contribution in [0.5, 0.6) is 0 Å². The van der Waals surface area contributed by atoms with Crippen LogP contribution in [0.4, 0.5) is 11.5 Å². The number of anilines is 2. The van der Waals surface area contributed by atoms with Gasteiger partial charge in [-0.05, 0) is 42.8 Å². The first kappa shape index (κ1) is 13.6. The smallest absolute Gasteiger partial charge is 0.142 e. The van der Waals surface area contributed by atoms with Gasteiger partial charge in [0.25, 0.3) is 0 Å². The molecule has 1 N–H and O–H groups in total. The van der Waals surface area contributed by atoms with Crippen LogP contribution >= 0.6 is 0 Å². The van der Waals surface area contributed by atoms with Crippen LogP contribution in [0.15, 0.2) is 78.9 Å². The summed E-state index contributed by atoms with van der Waals surface area (Å²) in [7, 11) is 0. The summed E-state index contributed by atoms with van der Waals surface area (Å²) < 4.78 is 1.97. The van der Waals surface area contributed by atoms with Gasteiger partial charge >= 0.3 is 0 Å². The van der Waals surface area contributed by atoms with Crippen molar-refractivity contribution in [2.24, 2.45) is 0 Å². The number of nitrogens with zero attached hydrogens (tertiary/aromatic N) is 2. The van der Waals surface area contributed by atoms with Gasteiger partial charge in [0.05, 0.1) is 11.2 Å². The van der Waals surface area contributed by atoms with Crippen LogP contribution in [-0.4, -0.2) is 9.78 Å². The minimum Gasteiger partial charge on any atom is -0.339 e. The Kier molecular flexibility index (Phi) is 3.31. The lowest BCUT2D eigenvalue weighted by atomic mass is 10.2. The quantitative estimate of drug-likeness (QED) is 0.572. The molecule has 3 aromatic carbocycles. The number of benzene rings is 3. The average Bonchev–Trinajstić information content (AvgIpc) is 2.96. The lowest BCUT2D eigenvalue weighted by molar-refractivity contribution is 0.904. The highest BCUT2D eigenvalue weighted by atomic mass is 15.3. The van der Waals surface area contributed by atoms with Crippen LogP contribution in [-0.2, 0) is 0 Å². The molecule has 0 amide bonds. The Morgan fingerprint density at radius 1 is 0.783 bits per heavy atom. The first-order valence-electron chi connectivity index (χ1n) is 7.69. The number of aromatic nitrogens is 2. The van der Waals surface area contributed by atoms with Crippen molar-refractivity contribution < 1.29 is 0 Å². The minimum atomic E-state index is 0.979. The Labute approximate surface area is 135 Å². The van der Waals surface area contributed by atoms with Gasteiger partial charge < -0.3 is 5.32 Å². The van der Waals surface area contributed by atoms with Crippen LogP contribution in [0.1, 0.15) is 5.56 Å². The maximum absolute atomic E-state index is 4.76. The molecule has 0 aliphatic heterocycles. The Morgan fingerprint density at radius 2 is 1.48 bits per heavy atom. The zero-order valence-electron chi connectivity index (χ0n) is 12.9. The Hall–Kier alpha value is -3.07. The molecule has 0 spiro atoms. The number of aryl methyl sites for hydroxylation is 1. The molecule has 0 saturated carbocycles. The van der Waals surface area contributed by atoms with Crippen molar-refractivity contribution in [3.63, 3.8) is 0 Å². The van der Waals surface area contributed by atoms with Gasteiger partial charge in [0.2, 0.25) is 0 Å². The van der Waals surface area contributed by atoms with E-state index in [-0.39, 0.29) is 0 Å². The number of hydrogen-bond acceptors (Lipinski definition) is 2. The molecule has 0 radical (unpaired) electrons. The van der Waals surface area contributed by atoms with E-state index in [0.717, 1.165) is 28.1 Å². The van der Waals surface area contributed by atoms with E-state index < -0.39 is 0 Å². The second-order valence-corrected chi connectivity index (χ2v) is 5.55. The summed E-state index contributed by atoms with van der Waals surface area (Å²) >= 11 is 0. The van der Waals surface area contributed by atoms with Crippen molar-refractivity contribution in [3.8, 4) is 5.69 Å². The molecule has 0 aliphatic rings. The molecule has 0 saturated heterocycles. The molecule has 1 heterocycles. The number of rotatable bonds is 3. The van der Waals surface area contributed by atoms with E-state index in [1.54, 1.807) is 0 Å².